The van der Waals surface area contributed by atoms with E-state index >= 15 is 0 Å². The van der Waals surface area contributed by atoms with E-state index in [4.69, 9.17) is 4.74 Å². The molecule has 44 heavy (non-hydrogen) atoms. The number of rotatable bonds is 6. The lowest BCUT2D eigenvalue weighted by molar-refractivity contribution is -0.147. The Balaban J connectivity index is 1.45. The molecular weight excluding hydrogens is 599 g/mol. The van der Waals surface area contributed by atoms with Crippen LogP contribution in [0.1, 0.15) is 66.2 Å². The van der Waals surface area contributed by atoms with Crippen LogP contribution in [0.4, 0.5) is 13.2 Å². The highest BCUT2D eigenvalue weighted by Crippen LogP contribution is 2.61. The Morgan fingerprint density at radius 3 is 2.52 bits per heavy atom. The Labute approximate surface area is 253 Å². The van der Waals surface area contributed by atoms with Gasteiger partial charge in [0.05, 0.1) is 12.0 Å². The summed E-state index contributed by atoms with van der Waals surface area (Å²) in [7, 11) is -3.49. The summed E-state index contributed by atoms with van der Waals surface area (Å²) in [5, 5.41) is 17.5. The molecule has 3 N–H and O–H groups in total. The molecule has 1 aromatic carbocycles. The van der Waals surface area contributed by atoms with Gasteiger partial charge in [0.1, 0.15) is 10.5 Å². The van der Waals surface area contributed by atoms with Crippen LogP contribution in [0.3, 0.4) is 0 Å². The number of ether oxygens (including phenoxy) is 1. The summed E-state index contributed by atoms with van der Waals surface area (Å²) in [5.74, 6) is -2.86. The summed E-state index contributed by atoms with van der Waals surface area (Å²) in [6.07, 6.45) is -0.481. The van der Waals surface area contributed by atoms with E-state index in [0.29, 0.717) is 16.7 Å². The zero-order valence-corrected chi connectivity index (χ0v) is 25.3. The fraction of sp³-hybridized carbons (Fsp3) is 0.400. The molecule has 1 atom stereocenters. The van der Waals surface area contributed by atoms with Gasteiger partial charge >= 0.3 is 12.1 Å². The number of carboxylic acids is 1. The third-order valence-electron chi connectivity index (χ3n) is 8.73. The van der Waals surface area contributed by atoms with E-state index in [-0.39, 0.29) is 29.5 Å². The van der Waals surface area contributed by atoms with Crippen LogP contribution in [-0.2, 0) is 17.5 Å². The lowest BCUT2D eigenvalue weighted by atomic mass is 9.70. The van der Waals surface area contributed by atoms with Gasteiger partial charge in [0.2, 0.25) is 11.7 Å². The van der Waals surface area contributed by atoms with Gasteiger partial charge in [-0.15, -0.1) is 21.0 Å². The Morgan fingerprint density at radius 1 is 1.14 bits per heavy atom. The van der Waals surface area contributed by atoms with Crippen LogP contribution < -0.4 is 4.74 Å². The van der Waals surface area contributed by atoms with Crippen molar-refractivity contribution >= 4 is 22.4 Å². The van der Waals surface area contributed by atoms with E-state index in [1.54, 1.807) is 49.5 Å². The van der Waals surface area contributed by atoms with Gasteiger partial charge in [0.25, 0.3) is 0 Å². The van der Waals surface area contributed by atoms with Crippen LogP contribution in [0.5, 0.6) is 5.88 Å². The van der Waals surface area contributed by atoms with Crippen molar-refractivity contribution in [3.63, 3.8) is 0 Å². The maximum absolute atomic E-state index is 13.5. The van der Waals surface area contributed by atoms with Gasteiger partial charge in [-0.1, -0.05) is 18.2 Å². The first kappa shape index (κ1) is 30.3. The van der Waals surface area contributed by atoms with Crippen molar-refractivity contribution in [2.24, 2.45) is 5.41 Å². The monoisotopic (exact) mass is 631 g/mol. The summed E-state index contributed by atoms with van der Waals surface area (Å²) in [4.78, 5) is 17.1. The van der Waals surface area contributed by atoms with Crippen LogP contribution in [0.2, 0.25) is 0 Å². The summed E-state index contributed by atoms with van der Waals surface area (Å²) in [6, 6.07) is 10.2. The van der Waals surface area contributed by atoms with Crippen molar-refractivity contribution in [2.75, 3.05) is 6.54 Å². The zero-order valence-electron chi connectivity index (χ0n) is 24.5. The molecule has 1 aliphatic carbocycles. The average Bonchev–Trinajstić information content (AvgIpc) is 3.55. The normalized spacial score (nSPS) is 19.2. The van der Waals surface area contributed by atoms with E-state index in [9.17, 15) is 32.2 Å². The van der Waals surface area contributed by atoms with Crippen molar-refractivity contribution in [3.05, 3.63) is 82.4 Å². The van der Waals surface area contributed by atoms with Crippen molar-refractivity contribution in [3.8, 4) is 5.88 Å². The highest BCUT2D eigenvalue weighted by atomic mass is 32.3. The van der Waals surface area contributed by atoms with Crippen LogP contribution in [-0.4, -0.2) is 56.2 Å². The molecule has 1 fully saturated rings. The van der Waals surface area contributed by atoms with Crippen molar-refractivity contribution in [1.82, 2.24) is 23.9 Å². The number of aromatic nitrogens is 4. The molecule has 0 bridgehead atoms. The Bertz CT molecular complexity index is 1790. The van der Waals surface area contributed by atoms with E-state index in [2.05, 4.69) is 15.2 Å². The lowest BCUT2D eigenvalue weighted by Crippen LogP contribution is -2.36. The third kappa shape index (κ3) is 4.99. The van der Waals surface area contributed by atoms with Gasteiger partial charge in [-0.2, -0.15) is 17.5 Å². The Hall–Kier alpha value is -3.72. The van der Waals surface area contributed by atoms with Crippen LogP contribution in [0.25, 0.3) is 5.65 Å². The van der Waals surface area contributed by atoms with Gasteiger partial charge in [-0.05, 0) is 86.6 Å². The standard InChI is InChI=1S/C30H32F3N5O5S/c1-17-7-8-19(14-20(17)15-37-16-29(10-11-29)43-25-22(44(37,41)42)6-5-12-34-25)23(28(3,4)27(39)40)21-9-13-38-24(18(21)2)35-36-26(38)30(31,32)33/h5-9,12-14,23,41-42H,10-11,15-16H2,1-4H3,(H,39,40). The molecule has 1 spiro atoms. The molecule has 10 nitrogen and oxygen atoms in total. The van der Waals surface area contributed by atoms with Crippen LogP contribution in [0, 0.1) is 19.3 Å². The maximum atomic E-state index is 13.5. The number of fused-ring (bicyclic) bond motifs is 2. The number of halogens is 3. The Morgan fingerprint density at radius 2 is 1.86 bits per heavy atom. The predicted molar refractivity (Wildman–Crippen MR) is 156 cm³/mol. The summed E-state index contributed by atoms with van der Waals surface area (Å²) in [6.45, 7) is 7.00. The minimum atomic E-state index is -4.72. The largest absolute Gasteiger partial charge is 0.481 e. The van der Waals surface area contributed by atoms with Crippen LogP contribution >= 0.6 is 10.8 Å². The molecule has 6 rings (SSSR count). The molecular formula is C30H32F3N5O5S. The van der Waals surface area contributed by atoms with Gasteiger partial charge in [0, 0.05) is 24.9 Å². The zero-order chi connectivity index (χ0) is 31.8. The molecule has 0 amide bonds. The molecule has 0 radical (unpaired) electrons. The molecule has 1 aliphatic heterocycles. The number of alkyl halides is 3. The SMILES string of the molecule is Cc1ccc(C(c2ccn3c(C(F)(F)F)nnc3c2C)C(C)(C)C(=O)O)cc1CN1CC2(CC2)Oc2ncccc2S1(O)O. The smallest absolute Gasteiger partial charge is 0.452 e. The van der Waals surface area contributed by atoms with E-state index in [1.165, 1.54) is 12.3 Å². The molecule has 4 aromatic rings. The number of hydrogen-bond acceptors (Lipinski definition) is 8. The fourth-order valence-corrected chi connectivity index (χ4v) is 7.54. The summed E-state index contributed by atoms with van der Waals surface area (Å²) in [5.41, 5.74) is 1.04. The molecule has 14 heteroatoms. The van der Waals surface area contributed by atoms with Crippen LogP contribution in [0.15, 0.2) is 53.7 Å². The molecule has 3 aromatic heterocycles. The highest BCUT2D eigenvalue weighted by Gasteiger charge is 2.52. The fourth-order valence-electron chi connectivity index (χ4n) is 5.94. The molecule has 1 saturated carbocycles. The first-order valence-electron chi connectivity index (χ1n) is 14.0. The highest BCUT2D eigenvalue weighted by molar-refractivity contribution is 8.22. The molecule has 1 unspecified atom stereocenters. The number of nitrogens with zero attached hydrogens (tertiary/aromatic N) is 5. The van der Waals surface area contributed by atoms with Crippen molar-refractivity contribution in [1.29, 1.82) is 0 Å². The topological polar surface area (TPSA) is 133 Å². The second-order valence-electron chi connectivity index (χ2n) is 12.2. The van der Waals surface area contributed by atoms with Crippen molar-refractivity contribution < 1.29 is 36.9 Å². The first-order chi connectivity index (χ1) is 20.5. The number of carbonyl (C=O) groups is 1. The average molecular weight is 632 g/mol. The molecule has 0 saturated heterocycles. The summed E-state index contributed by atoms with van der Waals surface area (Å²) >= 11 is 0. The summed E-state index contributed by atoms with van der Waals surface area (Å²) < 4.78 is 72.2. The maximum Gasteiger partial charge on any atom is 0.452 e. The second-order valence-corrected chi connectivity index (χ2v) is 14.2. The Kier molecular flexibility index (Phi) is 7.00. The van der Waals surface area contributed by atoms with E-state index < -0.39 is 45.7 Å². The second kappa shape index (κ2) is 10.2. The van der Waals surface area contributed by atoms with E-state index in [1.807, 2.05) is 19.1 Å². The number of hydrogen-bond donors (Lipinski definition) is 3. The molecule has 234 valence electrons. The van der Waals surface area contributed by atoms with Gasteiger partial charge in [-0.25, -0.2) is 4.98 Å². The number of benzene rings is 1. The molecule has 2 aliphatic rings. The van der Waals surface area contributed by atoms with Gasteiger partial charge in [-0.3, -0.25) is 18.3 Å². The third-order valence-corrected chi connectivity index (χ3v) is 10.6. The van der Waals surface area contributed by atoms with E-state index in [0.717, 1.165) is 28.4 Å². The van der Waals surface area contributed by atoms with Gasteiger partial charge in [0.15, 0.2) is 5.65 Å². The number of aryl methyl sites for hydroxylation is 2. The first-order valence-corrected chi connectivity index (χ1v) is 15.5. The lowest BCUT2D eigenvalue weighted by Gasteiger charge is -2.42. The predicted octanol–water partition coefficient (Wildman–Crippen LogP) is 6.45. The molecule has 4 heterocycles. The van der Waals surface area contributed by atoms with Gasteiger partial charge < -0.3 is 9.84 Å². The number of pyridine rings is 2. The number of aliphatic carboxylic acids is 1. The quantitative estimate of drug-likeness (QED) is 0.219. The minimum absolute atomic E-state index is 0.0196. The van der Waals surface area contributed by atoms with Crippen molar-refractivity contribution in [2.45, 2.75) is 69.7 Å². The number of carboxylic acid groups (broad SMARTS) is 1. The minimum Gasteiger partial charge on any atom is -0.481 e.